The molecule has 0 radical (unpaired) electrons. The molecule has 186 valence electrons. The second-order valence-corrected chi connectivity index (χ2v) is 12.0. The number of hydrogen-bond acceptors (Lipinski definition) is 2. The Morgan fingerprint density at radius 1 is 0.742 bits per heavy atom. The van der Waals surface area contributed by atoms with Crippen LogP contribution in [0, 0.1) is 0 Å². The fourth-order valence-corrected chi connectivity index (χ4v) is 6.10. The molecule has 0 aliphatic carbocycles. The van der Waals surface area contributed by atoms with Crippen LogP contribution in [0.15, 0.2) is 12.2 Å². The van der Waals surface area contributed by atoms with Gasteiger partial charge < -0.3 is 13.9 Å². The quantitative estimate of drug-likeness (QED) is 0.0763. The molecule has 1 N–H and O–H groups in total. The van der Waals surface area contributed by atoms with Crippen LogP contribution >= 0.6 is 7.60 Å². The summed E-state index contributed by atoms with van der Waals surface area (Å²) in [5, 5.41) is 0. The Bertz CT molecular complexity index is 474. The summed E-state index contributed by atoms with van der Waals surface area (Å²) in [7, 11) is 2.31. The lowest BCUT2D eigenvalue weighted by molar-refractivity contribution is -0.883. The third-order valence-corrected chi connectivity index (χ3v) is 8.43. The SMILES string of the molecule is CCCCCCC/C=C\CCCCCCCCCCCOP(=O)(O)C(CC)[N+](C)(C)C. The molecule has 2 unspecified atom stereocenters. The van der Waals surface area contributed by atoms with Crippen LogP contribution in [0.5, 0.6) is 0 Å². The highest BCUT2D eigenvalue weighted by Gasteiger charge is 2.41. The zero-order valence-electron chi connectivity index (χ0n) is 21.6. The molecule has 0 aromatic heterocycles. The van der Waals surface area contributed by atoms with E-state index in [0.717, 1.165) is 12.8 Å². The standard InChI is InChI=1S/C26H54NO3P/c1-6-8-9-10-11-12-13-14-15-16-17-18-19-20-21-22-23-24-25-30-31(28,29)26(7-2)27(3,4)5/h13-14,26H,6-12,15-25H2,1-5H3/p+1/b14-13-. The molecule has 0 aromatic carbocycles. The molecular weight excluding hydrogens is 405 g/mol. The molecule has 5 heteroatoms. The van der Waals surface area contributed by atoms with Gasteiger partial charge in [-0.3, -0.25) is 4.57 Å². The molecule has 0 rings (SSSR count). The highest BCUT2D eigenvalue weighted by Crippen LogP contribution is 2.51. The smallest absolute Gasteiger partial charge is 0.320 e. The van der Waals surface area contributed by atoms with Crippen molar-refractivity contribution in [2.45, 2.75) is 129 Å². The lowest BCUT2D eigenvalue weighted by Crippen LogP contribution is -2.44. The summed E-state index contributed by atoms with van der Waals surface area (Å²) in [6, 6.07) is 0. The molecular formula is C26H55NO3P+. The molecule has 0 aromatic rings. The Hall–Kier alpha value is -0.150. The molecule has 4 nitrogen and oxygen atoms in total. The highest BCUT2D eigenvalue weighted by atomic mass is 31.2. The second kappa shape index (κ2) is 19.3. The second-order valence-electron chi connectivity index (χ2n) is 10.0. The summed E-state index contributed by atoms with van der Waals surface area (Å²) in [6.45, 7) is 4.62. The van der Waals surface area contributed by atoms with E-state index in [0.29, 0.717) is 17.5 Å². The molecule has 0 aliphatic heterocycles. The van der Waals surface area contributed by atoms with Gasteiger partial charge in [0.05, 0.1) is 27.7 Å². The fraction of sp³-hybridized carbons (Fsp3) is 0.923. The van der Waals surface area contributed by atoms with E-state index in [4.69, 9.17) is 4.52 Å². The minimum atomic E-state index is -3.55. The lowest BCUT2D eigenvalue weighted by atomic mass is 10.1. The summed E-state index contributed by atoms with van der Waals surface area (Å²) < 4.78 is 18.4. The van der Waals surface area contributed by atoms with Gasteiger partial charge in [-0.15, -0.1) is 0 Å². The first-order valence-electron chi connectivity index (χ1n) is 13.2. The van der Waals surface area contributed by atoms with E-state index in [1.807, 2.05) is 28.1 Å². The van der Waals surface area contributed by atoms with Gasteiger partial charge in [0, 0.05) is 6.42 Å². The van der Waals surface area contributed by atoms with E-state index in [2.05, 4.69) is 19.1 Å². The van der Waals surface area contributed by atoms with Crippen molar-refractivity contribution in [1.82, 2.24) is 0 Å². The zero-order chi connectivity index (χ0) is 23.4. The van der Waals surface area contributed by atoms with Gasteiger partial charge in [-0.2, -0.15) is 0 Å². The van der Waals surface area contributed by atoms with Crippen molar-refractivity contribution in [2.24, 2.45) is 0 Å². The maximum atomic E-state index is 12.5. The van der Waals surface area contributed by atoms with Crippen molar-refractivity contribution in [3.05, 3.63) is 12.2 Å². The van der Waals surface area contributed by atoms with E-state index in [-0.39, 0.29) is 5.78 Å². The molecule has 0 spiro atoms. The number of quaternary nitrogens is 1. The number of unbranched alkanes of at least 4 members (excludes halogenated alkanes) is 14. The van der Waals surface area contributed by atoms with Gasteiger partial charge >= 0.3 is 7.60 Å². The van der Waals surface area contributed by atoms with E-state index in [1.165, 1.54) is 89.9 Å². The molecule has 0 saturated heterocycles. The van der Waals surface area contributed by atoms with Crippen molar-refractivity contribution in [1.29, 1.82) is 0 Å². The van der Waals surface area contributed by atoms with Crippen molar-refractivity contribution in [2.75, 3.05) is 27.7 Å². The summed E-state index contributed by atoms with van der Waals surface area (Å²) in [5.74, 6) is -0.349. The molecule has 0 bridgehead atoms. The molecule has 0 saturated carbocycles. The first-order valence-corrected chi connectivity index (χ1v) is 14.8. The predicted octanol–water partition coefficient (Wildman–Crippen LogP) is 8.45. The van der Waals surface area contributed by atoms with E-state index < -0.39 is 7.60 Å². The van der Waals surface area contributed by atoms with E-state index in [1.54, 1.807) is 0 Å². The minimum Gasteiger partial charge on any atom is -0.320 e. The zero-order valence-corrected chi connectivity index (χ0v) is 22.5. The molecule has 0 fully saturated rings. The monoisotopic (exact) mass is 460 g/mol. The van der Waals surface area contributed by atoms with Crippen molar-refractivity contribution in [3.63, 3.8) is 0 Å². The molecule has 2 atom stereocenters. The minimum absolute atomic E-state index is 0.349. The number of rotatable bonds is 22. The third-order valence-electron chi connectivity index (χ3n) is 6.07. The predicted molar refractivity (Wildman–Crippen MR) is 137 cm³/mol. The van der Waals surface area contributed by atoms with Crippen LogP contribution in [0.2, 0.25) is 0 Å². The maximum Gasteiger partial charge on any atom is 0.385 e. The lowest BCUT2D eigenvalue weighted by Gasteiger charge is -2.35. The van der Waals surface area contributed by atoms with Gasteiger partial charge in [0.1, 0.15) is 0 Å². The average Bonchev–Trinajstić information content (AvgIpc) is 2.68. The number of allylic oxidation sites excluding steroid dienone is 2. The number of nitrogens with zero attached hydrogens (tertiary/aromatic N) is 1. The topological polar surface area (TPSA) is 46.5 Å². The van der Waals surface area contributed by atoms with Crippen LogP contribution < -0.4 is 0 Å². The largest absolute Gasteiger partial charge is 0.385 e. The first kappa shape index (κ1) is 30.9. The fourth-order valence-electron chi connectivity index (χ4n) is 4.20. The Kier molecular flexibility index (Phi) is 19.2. The van der Waals surface area contributed by atoms with Gasteiger partial charge in [0.25, 0.3) is 0 Å². The van der Waals surface area contributed by atoms with Gasteiger partial charge in [0.2, 0.25) is 0 Å². The highest BCUT2D eigenvalue weighted by molar-refractivity contribution is 7.53. The molecule has 0 amide bonds. The van der Waals surface area contributed by atoms with Gasteiger partial charge in [-0.1, -0.05) is 96.6 Å². The maximum absolute atomic E-state index is 12.5. The van der Waals surface area contributed by atoms with Crippen molar-refractivity contribution in [3.8, 4) is 0 Å². The summed E-state index contributed by atoms with van der Waals surface area (Å²) in [4.78, 5) is 10.3. The summed E-state index contributed by atoms with van der Waals surface area (Å²) >= 11 is 0. The van der Waals surface area contributed by atoms with Gasteiger partial charge in [-0.05, 0) is 32.1 Å². The van der Waals surface area contributed by atoms with Crippen LogP contribution in [0.1, 0.15) is 123 Å². The Balaban J connectivity index is 3.46. The van der Waals surface area contributed by atoms with E-state index in [9.17, 15) is 9.46 Å². The third kappa shape index (κ3) is 18.0. The molecule has 0 heterocycles. The van der Waals surface area contributed by atoms with Crippen molar-refractivity contribution >= 4 is 7.60 Å². The van der Waals surface area contributed by atoms with Gasteiger partial charge in [-0.25, -0.2) is 0 Å². The first-order chi connectivity index (χ1) is 14.8. The summed E-state index contributed by atoms with van der Waals surface area (Å²) in [6.07, 6.45) is 25.9. The normalized spacial score (nSPS) is 15.4. The molecule has 0 aliphatic rings. The van der Waals surface area contributed by atoms with Crippen LogP contribution in [-0.4, -0.2) is 42.9 Å². The Morgan fingerprint density at radius 3 is 1.58 bits per heavy atom. The Labute approximate surface area is 195 Å². The summed E-state index contributed by atoms with van der Waals surface area (Å²) in [5.41, 5.74) is 0. The van der Waals surface area contributed by atoms with Gasteiger partial charge in [0.15, 0.2) is 5.78 Å². The van der Waals surface area contributed by atoms with Crippen LogP contribution in [0.4, 0.5) is 0 Å². The van der Waals surface area contributed by atoms with Crippen LogP contribution in [0.3, 0.4) is 0 Å². The average molecular weight is 461 g/mol. The van der Waals surface area contributed by atoms with E-state index >= 15 is 0 Å². The Morgan fingerprint density at radius 2 is 1.16 bits per heavy atom. The van der Waals surface area contributed by atoms with Crippen molar-refractivity contribution < 1.29 is 18.5 Å². The van der Waals surface area contributed by atoms with Crippen LogP contribution in [0.25, 0.3) is 0 Å². The van der Waals surface area contributed by atoms with Crippen LogP contribution in [-0.2, 0) is 9.09 Å². The molecule has 31 heavy (non-hydrogen) atoms. The number of hydrogen-bond donors (Lipinski definition) is 1.